The number of nitrogens with one attached hydrogen (secondary N) is 1. The van der Waals surface area contributed by atoms with Crippen LogP contribution in [0, 0.1) is 0 Å². The van der Waals surface area contributed by atoms with Crippen LogP contribution in [-0.2, 0) is 0 Å². The van der Waals surface area contributed by atoms with E-state index < -0.39 is 0 Å². The third-order valence-corrected chi connectivity index (χ3v) is 6.42. The van der Waals surface area contributed by atoms with Crippen molar-refractivity contribution in [2.45, 2.75) is 24.6 Å². The van der Waals surface area contributed by atoms with Gasteiger partial charge in [0.1, 0.15) is 11.5 Å². The molecule has 3 nitrogen and oxygen atoms in total. The highest BCUT2D eigenvalue weighted by Gasteiger charge is 2.26. The molecule has 1 aliphatic rings. The van der Waals surface area contributed by atoms with Gasteiger partial charge in [0, 0.05) is 34.6 Å². The summed E-state index contributed by atoms with van der Waals surface area (Å²) < 4.78 is 10.8. The highest BCUT2D eigenvalue weighted by molar-refractivity contribution is 8.06. The summed E-state index contributed by atoms with van der Waals surface area (Å²) in [5.74, 6) is 5.43. The van der Waals surface area contributed by atoms with Gasteiger partial charge in [0.15, 0.2) is 0 Å². The zero-order chi connectivity index (χ0) is 15.1. The Morgan fingerprint density at radius 2 is 1.90 bits per heavy atom. The first-order chi connectivity index (χ1) is 10.3. The monoisotopic (exact) mass is 327 g/mol. The molecule has 0 radical (unpaired) electrons. The Balaban J connectivity index is 2.25. The van der Waals surface area contributed by atoms with Crippen molar-refractivity contribution in [3.8, 4) is 11.5 Å². The lowest BCUT2D eigenvalue weighted by molar-refractivity contribution is 0.391. The molecule has 5 heteroatoms. The lowest BCUT2D eigenvalue weighted by atomic mass is 10.0. The van der Waals surface area contributed by atoms with E-state index in [1.54, 1.807) is 14.2 Å². The van der Waals surface area contributed by atoms with Crippen LogP contribution in [0.2, 0.25) is 0 Å². The van der Waals surface area contributed by atoms with Gasteiger partial charge in [-0.3, -0.25) is 0 Å². The van der Waals surface area contributed by atoms with Crippen molar-refractivity contribution in [3.63, 3.8) is 0 Å². The Morgan fingerprint density at radius 1 is 1.19 bits per heavy atom. The molecule has 1 aromatic carbocycles. The summed E-state index contributed by atoms with van der Waals surface area (Å²) >= 11 is 4.13. The van der Waals surface area contributed by atoms with Crippen molar-refractivity contribution >= 4 is 23.5 Å². The number of hydrogen-bond acceptors (Lipinski definition) is 5. The molecule has 0 amide bonds. The van der Waals surface area contributed by atoms with E-state index >= 15 is 0 Å². The topological polar surface area (TPSA) is 30.5 Å². The Kier molecular flexibility index (Phi) is 7.07. The quantitative estimate of drug-likeness (QED) is 0.827. The van der Waals surface area contributed by atoms with E-state index in [-0.39, 0.29) is 0 Å². The van der Waals surface area contributed by atoms with Crippen LogP contribution < -0.4 is 14.8 Å². The van der Waals surface area contributed by atoms with E-state index in [1.807, 2.05) is 6.07 Å². The van der Waals surface area contributed by atoms with Crippen molar-refractivity contribution in [2.24, 2.45) is 0 Å². The van der Waals surface area contributed by atoms with Crippen LogP contribution in [0.3, 0.4) is 0 Å². The number of ether oxygens (including phenoxy) is 2. The maximum Gasteiger partial charge on any atom is 0.122 e. The SMILES string of the molecule is CCCNC(c1cc(OC)cc(OC)c1)C1CSCCS1. The Hall–Kier alpha value is -0.520. The van der Waals surface area contributed by atoms with Crippen molar-refractivity contribution in [3.05, 3.63) is 23.8 Å². The minimum atomic E-state index is 0.353. The summed E-state index contributed by atoms with van der Waals surface area (Å²) in [6.07, 6.45) is 1.14. The van der Waals surface area contributed by atoms with E-state index in [0.29, 0.717) is 11.3 Å². The van der Waals surface area contributed by atoms with Crippen molar-refractivity contribution in [1.29, 1.82) is 0 Å². The maximum absolute atomic E-state index is 5.42. The molecule has 0 bridgehead atoms. The summed E-state index contributed by atoms with van der Waals surface area (Å²) in [7, 11) is 3.41. The van der Waals surface area contributed by atoms with Crippen molar-refractivity contribution in [1.82, 2.24) is 5.32 Å². The molecule has 1 aromatic rings. The molecule has 21 heavy (non-hydrogen) atoms. The first-order valence-electron chi connectivity index (χ1n) is 7.44. The summed E-state index contributed by atoms with van der Waals surface area (Å²) in [5, 5.41) is 4.32. The van der Waals surface area contributed by atoms with Crippen LogP contribution in [-0.4, -0.2) is 43.3 Å². The van der Waals surface area contributed by atoms with Gasteiger partial charge < -0.3 is 14.8 Å². The van der Waals surface area contributed by atoms with E-state index in [9.17, 15) is 0 Å². The molecule has 1 fully saturated rings. The number of hydrogen-bond donors (Lipinski definition) is 1. The second-order valence-corrected chi connectivity index (χ2v) is 7.56. The number of methoxy groups -OCH3 is 2. The molecular weight excluding hydrogens is 302 g/mol. The van der Waals surface area contributed by atoms with Crippen LogP contribution in [0.4, 0.5) is 0 Å². The van der Waals surface area contributed by atoms with Crippen LogP contribution in [0.25, 0.3) is 0 Å². The summed E-state index contributed by atoms with van der Waals surface area (Å²) in [6.45, 7) is 3.24. The normalized spacial score (nSPS) is 20.0. The molecule has 0 spiro atoms. The van der Waals surface area contributed by atoms with Gasteiger partial charge in [-0.1, -0.05) is 6.92 Å². The molecule has 2 atom stereocenters. The minimum absolute atomic E-state index is 0.353. The molecule has 2 rings (SSSR count). The molecule has 1 saturated heterocycles. The number of thioether (sulfide) groups is 2. The Bertz CT molecular complexity index is 414. The first-order valence-corrected chi connectivity index (χ1v) is 9.64. The fourth-order valence-corrected chi connectivity index (χ4v) is 5.34. The smallest absolute Gasteiger partial charge is 0.122 e. The standard InChI is InChI=1S/C16H25NO2S2/c1-4-5-17-16(15-11-20-6-7-21-15)12-8-13(18-2)10-14(9-12)19-3/h8-10,15-17H,4-7,11H2,1-3H3. The second kappa shape index (κ2) is 8.81. The van der Waals surface area contributed by atoms with Gasteiger partial charge in [0.2, 0.25) is 0 Å². The third kappa shape index (κ3) is 4.73. The predicted molar refractivity (Wildman–Crippen MR) is 94.2 cm³/mol. The lowest BCUT2D eigenvalue weighted by Gasteiger charge is -2.31. The van der Waals surface area contributed by atoms with Gasteiger partial charge in [-0.25, -0.2) is 0 Å². The van der Waals surface area contributed by atoms with Crippen LogP contribution in [0.1, 0.15) is 24.9 Å². The Morgan fingerprint density at radius 3 is 2.43 bits per heavy atom. The molecule has 0 aromatic heterocycles. The van der Waals surface area contributed by atoms with Crippen molar-refractivity contribution in [2.75, 3.05) is 38.0 Å². The summed E-state index contributed by atoms with van der Waals surface area (Å²) in [5.41, 5.74) is 1.26. The molecule has 0 saturated carbocycles. The van der Waals surface area contributed by atoms with Gasteiger partial charge in [-0.15, -0.1) is 0 Å². The largest absolute Gasteiger partial charge is 0.497 e. The van der Waals surface area contributed by atoms with E-state index in [4.69, 9.17) is 9.47 Å². The van der Waals surface area contributed by atoms with Gasteiger partial charge in [0.25, 0.3) is 0 Å². The van der Waals surface area contributed by atoms with Gasteiger partial charge in [-0.05, 0) is 30.7 Å². The minimum Gasteiger partial charge on any atom is -0.497 e. The fraction of sp³-hybridized carbons (Fsp3) is 0.625. The highest BCUT2D eigenvalue weighted by atomic mass is 32.2. The molecule has 1 aliphatic heterocycles. The van der Waals surface area contributed by atoms with Gasteiger partial charge in [-0.2, -0.15) is 23.5 Å². The predicted octanol–water partition coefficient (Wildman–Crippen LogP) is 3.59. The van der Waals surface area contributed by atoms with E-state index in [0.717, 1.165) is 24.5 Å². The summed E-state index contributed by atoms with van der Waals surface area (Å²) in [6, 6.07) is 6.56. The maximum atomic E-state index is 5.42. The zero-order valence-electron chi connectivity index (χ0n) is 13.1. The highest BCUT2D eigenvalue weighted by Crippen LogP contribution is 2.36. The van der Waals surface area contributed by atoms with Crippen LogP contribution in [0.5, 0.6) is 11.5 Å². The first kappa shape index (κ1) is 16.8. The molecule has 0 aliphatic carbocycles. The average molecular weight is 328 g/mol. The fourth-order valence-electron chi connectivity index (χ4n) is 2.47. The summed E-state index contributed by atoms with van der Waals surface area (Å²) in [4.78, 5) is 0. The van der Waals surface area contributed by atoms with Crippen LogP contribution in [0.15, 0.2) is 18.2 Å². The number of rotatable bonds is 7. The van der Waals surface area contributed by atoms with Crippen molar-refractivity contribution < 1.29 is 9.47 Å². The lowest BCUT2D eigenvalue weighted by Crippen LogP contribution is -2.34. The van der Waals surface area contributed by atoms with E-state index in [2.05, 4.69) is 47.9 Å². The van der Waals surface area contributed by atoms with Gasteiger partial charge in [0.05, 0.1) is 14.2 Å². The average Bonchev–Trinajstić information content (AvgIpc) is 2.55. The Labute approximate surface area is 136 Å². The van der Waals surface area contributed by atoms with E-state index in [1.165, 1.54) is 22.8 Å². The van der Waals surface area contributed by atoms with Gasteiger partial charge >= 0.3 is 0 Å². The third-order valence-electron chi connectivity index (χ3n) is 3.56. The second-order valence-electron chi connectivity index (χ2n) is 5.06. The zero-order valence-corrected chi connectivity index (χ0v) is 14.7. The molecule has 1 N–H and O–H groups in total. The molecule has 2 unspecified atom stereocenters. The molecule has 118 valence electrons. The molecular formula is C16H25NO2S2. The van der Waals surface area contributed by atoms with Crippen LogP contribution >= 0.6 is 23.5 Å². The number of benzene rings is 1. The molecule has 1 heterocycles.